The van der Waals surface area contributed by atoms with E-state index < -0.39 is 0 Å². The van der Waals surface area contributed by atoms with Crippen LogP contribution in [0.15, 0.2) is 0 Å². The van der Waals surface area contributed by atoms with Crippen molar-refractivity contribution >= 4 is 0 Å². The molecule has 0 saturated carbocycles. The standard InChI is InChI=1S/C15H32N2/c1-6-8-12-9-10-17(11-12)14(13(16)7-2)15(3,4)5/h12-14H,6-11,16H2,1-5H3. The molecule has 3 atom stereocenters. The van der Waals surface area contributed by atoms with Crippen molar-refractivity contribution in [3.8, 4) is 0 Å². The van der Waals surface area contributed by atoms with Crippen LogP contribution in [0.2, 0.25) is 0 Å². The van der Waals surface area contributed by atoms with Gasteiger partial charge < -0.3 is 5.73 Å². The zero-order chi connectivity index (χ0) is 13.1. The molecular weight excluding hydrogens is 208 g/mol. The first-order chi connectivity index (χ1) is 7.90. The van der Waals surface area contributed by atoms with Gasteiger partial charge in [0, 0.05) is 18.6 Å². The molecule has 0 spiro atoms. The van der Waals surface area contributed by atoms with E-state index in [0.717, 1.165) is 12.3 Å². The second kappa shape index (κ2) is 6.19. The third kappa shape index (κ3) is 3.96. The van der Waals surface area contributed by atoms with E-state index in [1.54, 1.807) is 0 Å². The Morgan fingerprint density at radius 2 is 1.94 bits per heavy atom. The Balaban J connectivity index is 2.66. The summed E-state index contributed by atoms with van der Waals surface area (Å²) in [6.07, 6.45) is 5.15. The summed E-state index contributed by atoms with van der Waals surface area (Å²) in [5.74, 6) is 0.911. The molecule has 0 aromatic rings. The number of nitrogens with zero attached hydrogens (tertiary/aromatic N) is 1. The summed E-state index contributed by atoms with van der Waals surface area (Å²) in [5, 5.41) is 0. The lowest BCUT2D eigenvalue weighted by molar-refractivity contribution is 0.0943. The van der Waals surface area contributed by atoms with E-state index in [4.69, 9.17) is 5.73 Å². The largest absolute Gasteiger partial charge is 0.326 e. The summed E-state index contributed by atoms with van der Waals surface area (Å²) in [4.78, 5) is 2.66. The predicted molar refractivity (Wildman–Crippen MR) is 76.1 cm³/mol. The van der Waals surface area contributed by atoms with Crippen molar-refractivity contribution in [2.24, 2.45) is 17.1 Å². The van der Waals surface area contributed by atoms with Gasteiger partial charge in [-0.15, -0.1) is 0 Å². The van der Waals surface area contributed by atoms with Crippen LogP contribution < -0.4 is 5.73 Å². The monoisotopic (exact) mass is 240 g/mol. The van der Waals surface area contributed by atoms with Gasteiger partial charge in [0.25, 0.3) is 0 Å². The average Bonchev–Trinajstić information content (AvgIpc) is 2.64. The van der Waals surface area contributed by atoms with Gasteiger partial charge in [0.1, 0.15) is 0 Å². The van der Waals surface area contributed by atoms with Crippen LogP contribution >= 0.6 is 0 Å². The molecule has 0 bridgehead atoms. The normalized spacial score (nSPS) is 26.1. The molecule has 2 heteroatoms. The third-order valence-electron chi connectivity index (χ3n) is 4.17. The first-order valence-electron chi connectivity index (χ1n) is 7.39. The average molecular weight is 240 g/mol. The molecule has 0 radical (unpaired) electrons. The van der Waals surface area contributed by atoms with E-state index in [2.05, 4.69) is 39.5 Å². The minimum absolute atomic E-state index is 0.288. The highest BCUT2D eigenvalue weighted by molar-refractivity contribution is 4.93. The molecule has 1 saturated heterocycles. The van der Waals surface area contributed by atoms with Crippen molar-refractivity contribution in [1.82, 2.24) is 4.90 Å². The Labute approximate surface area is 108 Å². The van der Waals surface area contributed by atoms with Gasteiger partial charge in [-0.2, -0.15) is 0 Å². The second-order valence-corrected chi connectivity index (χ2v) is 6.82. The van der Waals surface area contributed by atoms with Gasteiger partial charge in [-0.3, -0.25) is 4.90 Å². The molecule has 1 heterocycles. The molecule has 0 amide bonds. The number of hydrogen-bond acceptors (Lipinski definition) is 2. The fourth-order valence-corrected chi connectivity index (χ4v) is 3.44. The maximum absolute atomic E-state index is 6.36. The molecule has 1 rings (SSSR count). The second-order valence-electron chi connectivity index (χ2n) is 6.82. The van der Waals surface area contributed by atoms with Crippen LogP contribution in [-0.2, 0) is 0 Å². The third-order valence-corrected chi connectivity index (χ3v) is 4.17. The molecule has 102 valence electrons. The van der Waals surface area contributed by atoms with Crippen LogP contribution in [0, 0.1) is 11.3 Å². The molecule has 0 aromatic heterocycles. The molecule has 2 nitrogen and oxygen atoms in total. The van der Waals surface area contributed by atoms with Crippen LogP contribution in [-0.4, -0.2) is 30.1 Å². The molecular formula is C15H32N2. The van der Waals surface area contributed by atoms with Crippen LogP contribution in [0.1, 0.15) is 60.3 Å². The summed E-state index contributed by atoms with van der Waals surface area (Å²) in [7, 11) is 0. The SMILES string of the molecule is CCCC1CCN(C(C(N)CC)C(C)(C)C)C1. The molecule has 2 N–H and O–H groups in total. The highest BCUT2D eigenvalue weighted by Crippen LogP contribution is 2.32. The summed E-state index contributed by atoms with van der Waals surface area (Å²) >= 11 is 0. The summed E-state index contributed by atoms with van der Waals surface area (Å²) in [5.41, 5.74) is 6.65. The van der Waals surface area contributed by atoms with Gasteiger partial charge in [0.05, 0.1) is 0 Å². The zero-order valence-corrected chi connectivity index (χ0v) is 12.5. The lowest BCUT2D eigenvalue weighted by Gasteiger charge is -2.41. The topological polar surface area (TPSA) is 29.3 Å². The number of nitrogens with two attached hydrogens (primary N) is 1. The number of rotatable bonds is 5. The fraction of sp³-hybridized carbons (Fsp3) is 1.00. The lowest BCUT2D eigenvalue weighted by atomic mass is 9.80. The molecule has 1 fully saturated rings. The van der Waals surface area contributed by atoms with E-state index >= 15 is 0 Å². The van der Waals surface area contributed by atoms with Gasteiger partial charge >= 0.3 is 0 Å². The van der Waals surface area contributed by atoms with Gasteiger partial charge in [-0.25, -0.2) is 0 Å². The van der Waals surface area contributed by atoms with Crippen molar-refractivity contribution in [1.29, 1.82) is 0 Å². The lowest BCUT2D eigenvalue weighted by Crippen LogP contribution is -2.53. The molecule has 17 heavy (non-hydrogen) atoms. The van der Waals surface area contributed by atoms with E-state index in [9.17, 15) is 0 Å². The summed E-state index contributed by atoms with van der Waals surface area (Å²) in [6.45, 7) is 14.0. The highest BCUT2D eigenvalue weighted by Gasteiger charge is 2.37. The van der Waals surface area contributed by atoms with Gasteiger partial charge in [0.15, 0.2) is 0 Å². The van der Waals surface area contributed by atoms with E-state index in [1.165, 1.54) is 32.4 Å². The van der Waals surface area contributed by atoms with Crippen LogP contribution in [0.5, 0.6) is 0 Å². The zero-order valence-electron chi connectivity index (χ0n) is 12.5. The number of hydrogen-bond donors (Lipinski definition) is 1. The molecule has 1 aliphatic rings. The number of likely N-dealkylation sites (tertiary alicyclic amines) is 1. The van der Waals surface area contributed by atoms with Gasteiger partial charge in [-0.1, -0.05) is 41.0 Å². The molecule has 3 unspecified atom stereocenters. The highest BCUT2D eigenvalue weighted by atomic mass is 15.2. The van der Waals surface area contributed by atoms with Crippen molar-refractivity contribution in [3.63, 3.8) is 0 Å². The van der Waals surface area contributed by atoms with Crippen molar-refractivity contribution in [2.45, 2.75) is 72.4 Å². The van der Waals surface area contributed by atoms with E-state index in [-0.39, 0.29) is 5.41 Å². The fourth-order valence-electron chi connectivity index (χ4n) is 3.44. The smallest absolute Gasteiger partial charge is 0.0295 e. The Kier molecular flexibility index (Phi) is 5.46. The van der Waals surface area contributed by atoms with E-state index in [1.807, 2.05) is 0 Å². The minimum Gasteiger partial charge on any atom is -0.326 e. The van der Waals surface area contributed by atoms with Crippen molar-refractivity contribution in [2.75, 3.05) is 13.1 Å². The molecule has 1 aliphatic heterocycles. The van der Waals surface area contributed by atoms with Crippen LogP contribution in [0.3, 0.4) is 0 Å². The Hall–Kier alpha value is -0.0800. The first kappa shape index (κ1) is 15.0. The maximum Gasteiger partial charge on any atom is 0.0295 e. The van der Waals surface area contributed by atoms with Gasteiger partial charge in [-0.05, 0) is 37.1 Å². The first-order valence-corrected chi connectivity index (χ1v) is 7.39. The predicted octanol–water partition coefficient (Wildman–Crippen LogP) is 3.26. The summed E-state index contributed by atoms with van der Waals surface area (Å²) in [6, 6.07) is 0.852. The Bertz CT molecular complexity index is 219. The van der Waals surface area contributed by atoms with Crippen molar-refractivity contribution in [3.05, 3.63) is 0 Å². The Morgan fingerprint density at radius 3 is 2.41 bits per heavy atom. The minimum atomic E-state index is 0.288. The molecule has 0 aliphatic carbocycles. The summed E-state index contributed by atoms with van der Waals surface area (Å²) < 4.78 is 0. The van der Waals surface area contributed by atoms with E-state index in [0.29, 0.717) is 12.1 Å². The van der Waals surface area contributed by atoms with Crippen molar-refractivity contribution < 1.29 is 0 Å². The van der Waals surface area contributed by atoms with Gasteiger partial charge in [0.2, 0.25) is 0 Å². The Morgan fingerprint density at radius 1 is 1.29 bits per heavy atom. The van der Waals surface area contributed by atoms with Crippen LogP contribution in [0.4, 0.5) is 0 Å². The quantitative estimate of drug-likeness (QED) is 0.799. The molecule has 0 aromatic carbocycles. The maximum atomic E-state index is 6.36. The van der Waals surface area contributed by atoms with Crippen LogP contribution in [0.25, 0.3) is 0 Å².